The largest absolute Gasteiger partial charge is 0.393 e. The van der Waals surface area contributed by atoms with E-state index in [1.807, 2.05) is 60.3 Å². The lowest BCUT2D eigenvalue weighted by Gasteiger charge is -2.15. The molecule has 1 heterocycles. The van der Waals surface area contributed by atoms with Gasteiger partial charge in [0.15, 0.2) is 0 Å². The molecule has 0 aliphatic heterocycles. The lowest BCUT2D eigenvalue weighted by atomic mass is 10.1. The van der Waals surface area contributed by atoms with Crippen LogP contribution in [0.2, 0.25) is 0 Å². The van der Waals surface area contributed by atoms with E-state index in [1.165, 1.54) is 0 Å². The number of aliphatic hydroxyl groups is 1. The first kappa shape index (κ1) is 16.1. The smallest absolute Gasteiger partial charge is 0.319 e. The number of nitrogens with zero attached hydrogens (tertiary/aromatic N) is 1. The normalized spacial score (nSPS) is 13.4. The fourth-order valence-electron chi connectivity index (χ4n) is 2.36. The van der Waals surface area contributed by atoms with Crippen LogP contribution in [-0.2, 0) is 0 Å². The van der Waals surface area contributed by atoms with Crippen molar-refractivity contribution >= 4 is 11.7 Å². The van der Waals surface area contributed by atoms with E-state index in [1.54, 1.807) is 6.92 Å². The van der Waals surface area contributed by atoms with Crippen molar-refractivity contribution in [3.05, 3.63) is 48.8 Å². The quantitative estimate of drug-likeness (QED) is 0.768. The van der Waals surface area contributed by atoms with Gasteiger partial charge in [-0.15, -0.1) is 0 Å². The minimum atomic E-state index is -0.349. The van der Waals surface area contributed by atoms with Crippen LogP contribution in [0.4, 0.5) is 10.5 Å². The Hall–Kier alpha value is -2.27. The van der Waals surface area contributed by atoms with Gasteiger partial charge in [0.1, 0.15) is 0 Å². The number of urea groups is 1. The zero-order valence-corrected chi connectivity index (χ0v) is 13.0. The summed E-state index contributed by atoms with van der Waals surface area (Å²) in [5, 5.41) is 15.0. The summed E-state index contributed by atoms with van der Waals surface area (Å²) in [6, 6.07) is 11.3. The van der Waals surface area contributed by atoms with Crippen molar-refractivity contribution < 1.29 is 9.90 Å². The van der Waals surface area contributed by atoms with E-state index in [-0.39, 0.29) is 18.1 Å². The van der Waals surface area contributed by atoms with E-state index in [4.69, 9.17) is 0 Å². The summed E-state index contributed by atoms with van der Waals surface area (Å²) in [6.07, 6.45) is 4.23. The van der Waals surface area contributed by atoms with E-state index in [0.717, 1.165) is 11.4 Å². The molecule has 118 valence electrons. The minimum Gasteiger partial charge on any atom is -0.393 e. The zero-order chi connectivity index (χ0) is 15.9. The lowest BCUT2D eigenvalue weighted by Crippen LogP contribution is -2.33. The van der Waals surface area contributed by atoms with Crippen LogP contribution in [-0.4, -0.2) is 28.4 Å². The number of aromatic nitrogens is 1. The molecule has 0 radical (unpaired) electrons. The number of amides is 2. The van der Waals surface area contributed by atoms with Gasteiger partial charge < -0.3 is 20.3 Å². The molecular formula is C17H23N3O2. The monoisotopic (exact) mass is 301 g/mol. The Morgan fingerprint density at radius 1 is 1.23 bits per heavy atom. The number of benzene rings is 1. The average molecular weight is 301 g/mol. The number of hydrogen-bond donors (Lipinski definition) is 3. The van der Waals surface area contributed by atoms with Crippen molar-refractivity contribution in [1.29, 1.82) is 0 Å². The first-order valence-corrected chi connectivity index (χ1v) is 7.51. The van der Waals surface area contributed by atoms with Gasteiger partial charge >= 0.3 is 6.03 Å². The van der Waals surface area contributed by atoms with Crippen molar-refractivity contribution in [1.82, 2.24) is 9.88 Å². The lowest BCUT2D eigenvalue weighted by molar-refractivity contribution is 0.163. The van der Waals surface area contributed by atoms with Gasteiger partial charge in [0, 0.05) is 30.3 Å². The average Bonchev–Trinajstić information content (AvgIpc) is 2.99. The molecule has 0 bridgehead atoms. The van der Waals surface area contributed by atoms with Crippen LogP contribution in [0.1, 0.15) is 20.3 Å². The van der Waals surface area contributed by atoms with Gasteiger partial charge in [-0.25, -0.2) is 4.79 Å². The molecule has 0 spiro atoms. The van der Waals surface area contributed by atoms with Crippen LogP contribution >= 0.6 is 0 Å². The zero-order valence-electron chi connectivity index (χ0n) is 13.0. The SMILES string of the molecule is C[C@H](CNC(=O)Nc1cccc(-n2cccc2)c1)C[C@H](C)O. The summed E-state index contributed by atoms with van der Waals surface area (Å²) < 4.78 is 1.98. The second-order valence-corrected chi connectivity index (χ2v) is 5.67. The van der Waals surface area contributed by atoms with E-state index < -0.39 is 0 Å². The van der Waals surface area contributed by atoms with Gasteiger partial charge in [0.05, 0.1) is 6.10 Å². The summed E-state index contributed by atoms with van der Waals surface area (Å²) in [6.45, 7) is 4.29. The maximum absolute atomic E-state index is 11.9. The van der Waals surface area contributed by atoms with Crippen LogP contribution in [0.15, 0.2) is 48.8 Å². The third-order valence-electron chi connectivity index (χ3n) is 3.36. The summed E-state index contributed by atoms with van der Waals surface area (Å²) in [5.41, 5.74) is 1.73. The Kier molecular flexibility index (Phi) is 5.61. The molecule has 0 aliphatic carbocycles. The molecule has 0 saturated carbocycles. The summed E-state index contributed by atoms with van der Waals surface area (Å²) in [7, 11) is 0. The molecule has 1 aromatic heterocycles. The van der Waals surface area contributed by atoms with Crippen LogP contribution in [0.25, 0.3) is 5.69 Å². The summed E-state index contributed by atoms with van der Waals surface area (Å²) >= 11 is 0. The molecule has 2 rings (SSSR count). The van der Waals surface area contributed by atoms with Crippen LogP contribution < -0.4 is 10.6 Å². The third-order valence-corrected chi connectivity index (χ3v) is 3.36. The number of aliphatic hydroxyl groups excluding tert-OH is 1. The molecular weight excluding hydrogens is 278 g/mol. The van der Waals surface area contributed by atoms with Gasteiger partial charge in [0.2, 0.25) is 0 Å². The molecule has 1 aromatic carbocycles. The Labute approximate surface area is 131 Å². The molecule has 0 saturated heterocycles. The minimum absolute atomic E-state index is 0.233. The molecule has 5 heteroatoms. The Morgan fingerprint density at radius 3 is 2.64 bits per heavy atom. The summed E-state index contributed by atoms with van der Waals surface area (Å²) in [4.78, 5) is 11.9. The molecule has 2 atom stereocenters. The van der Waals surface area contributed by atoms with Gasteiger partial charge in [-0.3, -0.25) is 0 Å². The first-order valence-electron chi connectivity index (χ1n) is 7.51. The fourth-order valence-corrected chi connectivity index (χ4v) is 2.36. The Bertz CT molecular complexity index is 594. The topological polar surface area (TPSA) is 66.3 Å². The molecule has 2 amide bonds. The fraction of sp³-hybridized carbons (Fsp3) is 0.353. The van der Waals surface area contributed by atoms with E-state index in [9.17, 15) is 9.90 Å². The molecule has 5 nitrogen and oxygen atoms in total. The van der Waals surface area contributed by atoms with Gasteiger partial charge in [-0.2, -0.15) is 0 Å². The number of hydrogen-bond acceptors (Lipinski definition) is 2. The number of anilines is 1. The second-order valence-electron chi connectivity index (χ2n) is 5.67. The van der Waals surface area contributed by atoms with Crippen molar-refractivity contribution in [3.63, 3.8) is 0 Å². The standard InChI is InChI=1S/C17H23N3O2/c1-13(10-14(2)21)12-18-17(22)19-15-6-5-7-16(11-15)20-8-3-4-9-20/h3-9,11,13-14,21H,10,12H2,1-2H3,(H2,18,19,22)/t13-,14-/m0/s1. The van der Waals surface area contributed by atoms with Crippen molar-refractivity contribution in [3.8, 4) is 5.69 Å². The molecule has 0 fully saturated rings. The van der Waals surface area contributed by atoms with Gasteiger partial charge in [-0.05, 0) is 49.6 Å². The Balaban J connectivity index is 1.88. The highest BCUT2D eigenvalue weighted by atomic mass is 16.3. The van der Waals surface area contributed by atoms with Crippen molar-refractivity contribution in [2.75, 3.05) is 11.9 Å². The molecule has 3 N–H and O–H groups in total. The van der Waals surface area contributed by atoms with Crippen molar-refractivity contribution in [2.24, 2.45) is 5.92 Å². The maximum Gasteiger partial charge on any atom is 0.319 e. The maximum atomic E-state index is 11.9. The Morgan fingerprint density at radius 2 is 1.95 bits per heavy atom. The highest BCUT2D eigenvalue weighted by Gasteiger charge is 2.08. The third kappa shape index (κ3) is 4.93. The van der Waals surface area contributed by atoms with Crippen molar-refractivity contribution in [2.45, 2.75) is 26.4 Å². The van der Waals surface area contributed by atoms with Gasteiger partial charge in [0.25, 0.3) is 0 Å². The van der Waals surface area contributed by atoms with Crippen LogP contribution in [0.3, 0.4) is 0 Å². The molecule has 0 aliphatic rings. The van der Waals surface area contributed by atoms with E-state index in [2.05, 4.69) is 10.6 Å². The van der Waals surface area contributed by atoms with E-state index in [0.29, 0.717) is 13.0 Å². The highest BCUT2D eigenvalue weighted by molar-refractivity contribution is 5.89. The summed E-state index contributed by atoms with van der Waals surface area (Å²) in [5.74, 6) is 0.233. The van der Waals surface area contributed by atoms with E-state index >= 15 is 0 Å². The number of rotatable bonds is 6. The second kappa shape index (κ2) is 7.66. The van der Waals surface area contributed by atoms with Crippen LogP contribution in [0, 0.1) is 5.92 Å². The molecule has 0 unspecified atom stereocenters. The predicted molar refractivity (Wildman–Crippen MR) is 88.3 cm³/mol. The predicted octanol–water partition coefficient (Wildman–Crippen LogP) is 3.01. The highest BCUT2D eigenvalue weighted by Crippen LogP contribution is 2.14. The molecule has 22 heavy (non-hydrogen) atoms. The van der Waals surface area contributed by atoms with Gasteiger partial charge in [-0.1, -0.05) is 13.0 Å². The number of carbonyl (C=O) groups excluding carboxylic acids is 1. The first-order chi connectivity index (χ1) is 10.5. The number of nitrogens with one attached hydrogen (secondary N) is 2. The van der Waals surface area contributed by atoms with Crippen LogP contribution in [0.5, 0.6) is 0 Å². The number of carbonyl (C=O) groups is 1. The molecule has 2 aromatic rings.